The molecular formula is C8H16O2. The summed E-state index contributed by atoms with van der Waals surface area (Å²) in [6.45, 7) is 7.06. The molecule has 0 aromatic heterocycles. The highest BCUT2D eigenvalue weighted by molar-refractivity contribution is 4.74. The molecule has 0 aliphatic carbocycles. The second-order valence-corrected chi connectivity index (χ2v) is 3.42. The van der Waals surface area contributed by atoms with E-state index in [4.69, 9.17) is 4.74 Å². The predicted octanol–water partition coefficient (Wildman–Crippen LogP) is 1.24. The molecule has 1 heterocycles. The molecule has 0 spiro atoms. The highest BCUT2D eigenvalue weighted by Crippen LogP contribution is 2.28. The minimum Gasteiger partial charge on any atom is -0.368 e. The molecule has 0 bridgehead atoms. The molecule has 60 valence electrons. The zero-order valence-electron chi connectivity index (χ0n) is 6.87. The van der Waals surface area contributed by atoms with E-state index in [0.717, 1.165) is 0 Å². The predicted molar refractivity (Wildman–Crippen MR) is 39.5 cm³/mol. The quantitative estimate of drug-likeness (QED) is 0.554. The third kappa shape index (κ3) is 1.32. The molecule has 2 heteroatoms. The van der Waals surface area contributed by atoms with Gasteiger partial charge in [-0.3, -0.25) is 0 Å². The van der Waals surface area contributed by atoms with Gasteiger partial charge in [-0.25, -0.2) is 0 Å². The van der Waals surface area contributed by atoms with Crippen molar-refractivity contribution < 1.29 is 9.84 Å². The van der Waals surface area contributed by atoms with Crippen LogP contribution in [0.15, 0.2) is 0 Å². The summed E-state index contributed by atoms with van der Waals surface area (Å²) in [7, 11) is 0. The summed E-state index contributed by atoms with van der Waals surface area (Å²) in [5.74, 6) is 1.44. The van der Waals surface area contributed by atoms with E-state index < -0.39 is 6.29 Å². The Morgan fingerprint density at radius 2 is 1.80 bits per heavy atom. The standard InChI is InChI=1S/C8H16O2/c1-5-4-10-8(9)7(3)6(5)2/h5-9H,4H2,1-3H3. The van der Waals surface area contributed by atoms with Crippen LogP contribution in [-0.4, -0.2) is 18.0 Å². The van der Waals surface area contributed by atoms with Crippen LogP contribution in [-0.2, 0) is 4.74 Å². The monoisotopic (exact) mass is 144 g/mol. The maximum atomic E-state index is 9.24. The van der Waals surface area contributed by atoms with Crippen LogP contribution in [0.5, 0.6) is 0 Å². The first-order valence-electron chi connectivity index (χ1n) is 3.92. The summed E-state index contributed by atoms with van der Waals surface area (Å²) in [4.78, 5) is 0. The summed E-state index contributed by atoms with van der Waals surface area (Å²) in [5.41, 5.74) is 0. The topological polar surface area (TPSA) is 29.5 Å². The zero-order valence-corrected chi connectivity index (χ0v) is 6.87. The summed E-state index contributed by atoms with van der Waals surface area (Å²) in [6.07, 6.45) is -0.536. The van der Waals surface area contributed by atoms with Crippen molar-refractivity contribution in [2.24, 2.45) is 17.8 Å². The van der Waals surface area contributed by atoms with Crippen LogP contribution >= 0.6 is 0 Å². The minimum absolute atomic E-state index is 0.281. The summed E-state index contributed by atoms with van der Waals surface area (Å²) in [5, 5.41) is 9.24. The molecule has 2 nitrogen and oxygen atoms in total. The van der Waals surface area contributed by atoms with Crippen LogP contribution < -0.4 is 0 Å². The molecule has 4 atom stereocenters. The van der Waals surface area contributed by atoms with Crippen LogP contribution in [0, 0.1) is 17.8 Å². The fraction of sp³-hybridized carbons (Fsp3) is 1.00. The highest BCUT2D eigenvalue weighted by atomic mass is 16.6. The van der Waals surface area contributed by atoms with Crippen LogP contribution in [0.25, 0.3) is 0 Å². The van der Waals surface area contributed by atoms with Crippen molar-refractivity contribution >= 4 is 0 Å². The number of rotatable bonds is 0. The van der Waals surface area contributed by atoms with E-state index in [1.54, 1.807) is 0 Å². The first-order valence-corrected chi connectivity index (χ1v) is 3.92. The highest BCUT2D eigenvalue weighted by Gasteiger charge is 2.30. The molecule has 0 radical (unpaired) electrons. The summed E-state index contributed by atoms with van der Waals surface area (Å²) < 4.78 is 5.13. The van der Waals surface area contributed by atoms with Crippen LogP contribution in [0.4, 0.5) is 0 Å². The average Bonchev–Trinajstić information content (AvgIpc) is 1.93. The van der Waals surface area contributed by atoms with Crippen LogP contribution in [0.2, 0.25) is 0 Å². The Labute approximate surface area is 62.2 Å². The second kappa shape index (κ2) is 2.89. The van der Waals surface area contributed by atoms with Gasteiger partial charge in [0, 0.05) is 5.92 Å². The van der Waals surface area contributed by atoms with Gasteiger partial charge < -0.3 is 9.84 Å². The molecule has 1 saturated heterocycles. The van der Waals surface area contributed by atoms with E-state index in [-0.39, 0.29) is 5.92 Å². The molecule has 1 fully saturated rings. The molecule has 4 unspecified atom stereocenters. The molecule has 0 aromatic carbocycles. The van der Waals surface area contributed by atoms with Gasteiger partial charge in [0.2, 0.25) is 0 Å². The lowest BCUT2D eigenvalue weighted by Crippen LogP contribution is -2.38. The maximum absolute atomic E-state index is 9.24. The minimum atomic E-state index is -0.536. The fourth-order valence-electron chi connectivity index (χ4n) is 1.33. The first-order chi connectivity index (χ1) is 4.63. The van der Waals surface area contributed by atoms with Crippen molar-refractivity contribution in [3.05, 3.63) is 0 Å². The van der Waals surface area contributed by atoms with Gasteiger partial charge in [0.25, 0.3) is 0 Å². The molecule has 0 aromatic rings. The summed E-state index contributed by atoms with van der Waals surface area (Å²) in [6, 6.07) is 0. The Kier molecular flexibility index (Phi) is 2.32. The number of aliphatic hydroxyl groups excluding tert-OH is 1. The van der Waals surface area contributed by atoms with Gasteiger partial charge >= 0.3 is 0 Å². The van der Waals surface area contributed by atoms with Gasteiger partial charge in [0.15, 0.2) is 6.29 Å². The third-order valence-electron chi connectivity index (χ3n) is 2.71. The normalized spacial score (nSPS) is 49.2. The Bertz CT molecular complexity index is 99.8. The van der Waals surface area contributed by atoms with E-state index in [1.807, 2.05) is 6.92 Å². The lowest BCUT2D eigenvalue weighted by atomic mass is 9.83. The largest absolute Gasteiger partial charge is 0.368 e. The van der Waals surface area contributed by atoms with Crippen molar-refractivity contribution in [3.63, 3.8) is 0 Å². The number of aliphatic hydroxyl groups is 1. The lowest BCUT2D eigenvalue weighted by molar-refractivity contribution is -0.186. The van der Waals surface area contributed by atoms with Gasteiger partial charge in [0.1, 0.15) is 0 Å². The van der Waals surface area contributed by atoms with E-state index in [2.05, 4.69) is 13.8 Å². The molecular weight excluding hydrogens is 128 g/mol. The second-order valence-electron chi connectivity index (χ2n) is 3.42. The van der Waals surface area contributed by atoms with Crippen LogP contribution in [0.1, 0.15) is 20.8 Å². The molecule has 0 amide bonds. The van der Waals surface area contributed by atoms with Gasteiger partial charge in [-0.15, -0.1) is 0 Å². The van der Waals surface area contributed by atoms with Gasteiger partial charge in [-0.05, 0) is 11.8 Å². The van der Waals surface area contributed by atoms with E-state index in [0.29, 0.717) is 18.4 Å². The van der Waals surface area contributed by atoms with E-state index >= 15 is 0 Å². The molecule has 1 aliphatic heterocycles. The first kappa shape index (κ1) is 8.02. The van der Waals surface area contributed by atoms with Crippen molar-refractivity contribution in [2.45, 2.75) is 27.1 Å². The van der Waals surface area contributed by atoms with Crippen LogP contribution in [0.3, 0.4) is 0 Å². The summed E-state index contributed by atoms with van der Waals surface area (Å²) >= 11 is 0. The van der Waals surface area contributed by atoms with Gasteiger partial charge in [-0.2, -0.15) is 0 Å². The lowest BCUT2D eigenvalue weighted by Gasteiger charge is -2.35. The van der Waals surface area contributed by atoms with Gasteiger partial charge in [0.05, 0.1) is 6.61 Å². The van der Waals surface area contributed by atoms with Crippen molar-refractivity contribution in [1.29, 1.82) is 0 Å². The SMILES string of the molecule is CC1COC(O)C(C)C1C. The number of hydrogen-bond donors (Lipinski definition) is 1. The molecule has 1 rings (SSSR count). The number of hydrogen-bond acceptors (Lipinski definition) is 2. The van der Waals surface area contributed by atoms with Crippen molar-refractivity contribution in [3.8, 4) is 0 Å². The molecule has 1 N–H and O–H groups in total. The van der Waals surface area contributed by atoms with Crippen molar-refractivity contribution in [1.82, 2.24) is 0 Å². The Morgan fingerprint density at radius 1 is 1.20 bits per heavy atom. The Balaban J connectivity index is 2.52. The smallest absolute Gasteiger partial charge is 0.157 e. The van der Waals surface area contributed by atoms with E-state index in [1.165, 1.54) is 0 Å². The fourth-order valence-corrected chi connectivity index (χ4v) is 1.33. The number of ether oxygens (including phenoxy) is 1. The van der Waals surface area contributed by atoms with Gasteiger partial charge in [-0.1, -0.05) is 20.8 Å². The molecule has 1 aliphatic rings. The zero-order chi connectivity index (χ0) is 7.72. The maximum Gasteiger partial charge on any atom is 0.157 e. The van der Waals surface area contributed by atoms with E-state index in [9.17, 15) is 5.11 Å². The van der Waals surface area contributed by atoms with Crippen molar-refractivity contribution in [2.75, 3.05) is 6.61 Å². The molecule has 0 saturated carbocycles. The Morgan fingerprint density at radius 3 is 2.30 bits per heavy atom. The molecule has 10 heavy (non-hydrogen) atoms. The third-order valence-corrected chi connectivity index (χ3v) is 2.71. The average molecular weight is 144 g/mol. The Hall–Kier alpha value is -0.0800.